The minimum atomic E-state index is -1.08. The quantitative estimate of drug-likeness (QED) is 0.721. The monoisotopic (exact) mass is 328 g/mol. The molecule has 0 saturated carbocycles. The fraction of sp³-hybridized carbons (Fsp3) is 0.118. The summed E-state index contributed by atoms with van der Waals surface area (Å²) in [6, 6.07) is 11.8. The number of carbonyl (C=O) groups excluding carboxylic acids is 3. The van der Waals surface area contributed by atoms with Gasteiger partial charge >= 0.3 is 5.97 Å². The van der Waals surface area contributed by atoms with Crippen LogP contribution in [-0.2, 0) is 9.53 Å². The van der Waals surface area contributed by atoms with Crippen molar-refractivity contribution in [3.05, 3.63) is 59.7 Å². The van der Waals surface area contributed by atoms with E-state index in [2.05, 4.69) is 5.32 Å². The van der Waals surface area contributed by atoms with Crippen molar-refractivity contribution >= 4 is 23.5 Å². The van der Waals surface area contributed by atoms with Crippen LogP contribution in [0, 0.1) is 0 Å². The number of nitrogens with two attached hydrogens (primary N) is 1. The number of phenols is 1. The third kappa shape index (κ3) is 4.10. The second-order valence-electron chi connectivity index (χ2n) is 5.00. The lowest BCUT2D eigenvalue weighted by atomic mass is 10.2. The third-order valence-electron chi connectivity index (χ3n) is 3.21. The molecule has 2 aromatic rings. The van der Waals surface area contributed by atoms with Gasteiger partial charge in [0.2, 0.25) is 5.91 Å². The van der Waals surface area contributed by atoms with E-state index in [0.717, 1.165) is 0 Å². The van der Waals surface area contributed by atoms with Gasteiger partial charge in [-0.1, -0.05) is 12.1 Å². The van der Waals surface area contributed by atoms with Crippen LogP contribution in [0.5, 0.6) is 5.75 Å². The number of para-hydroxylation sites is 1. The van der Waals surface area contributed by atoms with E-state index in [1.807, 2.05) is 0 Å². The van der Waals surface area contributed by atoms with Crippen LogP contribution >= 0.6 is 0 Å². The standard InChI is InChI=1S/C17H16N2O5/c1-10(24-17(23)13-4-2-3-5-14(13)20)16(22)19-12-8-6-11(7-9-12)15(18)21/h2-10,20H,1H3,(H2,18,21)(H,19,22)/t10-/m1/s1. The number of primary amides is 1. The van der Waals surface area contributed by atoms with Gasteiger partial charge in [-0.25, -0.2) is 4.79 Å². The van der Waals surface area contributed by atoms with Crippen LogP contribution in [-0.4, -0.2) is 29.0 Å². The summed E-state index contributed by atoms with van der Waals surface area (Å²) in [6.45, 7) is 1.41. The normalized spacial score (nSPS) is 11.4. The van der Waals surface area contributed by atoms with Crippen LogP contribution in [0.3, 0.4) is 0 Å². The molecule has 0 aliphatic rings. The van der Waals surface area contributed by atoms with Crippen molar-refractivity contribution in [1.29, 1.82) is 0 Å². The first-order valence-electron chi connectivity index (χ1n) is 7.08. The second-order valence-corrected chi connectivity index (χ2v) is 5.00. The molecule has 24 heavy (non-hydrogen) atoms. The SMILES string of the molecule is C[C@@H](OC(=O)c1ccccc1O)C(=O)Nc1ccc(C(N)=O)cc1. The largest absolute Gasteiger partial charge is 0.507 e. The summed E-state index contributed by atoms with van der Waals surface area (Å²) in [5, 5.41) is 12.1. The molecule has 0 aliphatic heterocycles. The summed E-state index contributed by atoms with van der Waals surface area (Å²) in [5.41, 5.74) is 5.84. The number of rotatable bonds is 5. The Morgan fingerprint density at radius 1 is 1.08 bits per heavy atom. The number of hydrogen-bond donors (Lipinski definition) is 3. The highest BCUT2D eigenvalue weighted by Gasteiger charge is 2.20. The molecule has 0 radical (unpaired) electrons. The van der Waals surface area contributed by atoms with Gasteiger partial charge in [0.25, 0.3) is 5.91 Å². The van der Waals surface area contributed by atoms with Crippen molar-refractivity contribution < 1.29 is 24.2 Å². The van der Waals surface area contributed by atoms with Crippen LogP contribution < -0.4 is 11.1 Å². The number of carbonyl (C=O) groups is 3. The third-order valence-corrected chi connectivity index (χ3v) is 3.21. The Morgan fingerprint density at radius 3 is 2.29 bits per heavy atom. The smallest absolute Gasteiger partial charge is 0.342 e. The van der Waals surface area contributed by atoms with Gasteiger partial charge < -0.3 is 20.9 Å². The molecule has 2 amide bonds. The van der Waals surface area contributed by atoms with Gasteiger partial charge in [0.15, 0.2) is 6.10 Å². The maximum atomic E-state index is 12.0. The van der Waals surface area contributed by atoms with E-state index in [1.165, 1.54) is 43.3 Å². The molecule has 7 heteroatoms. The first kappa shape index (κ1) is 17.0. The summed E-state index contributed by atoms with van der Waals surface area (Å²) in [6.07, 6.45) is -1.08. The Hall–Kier alpha value is -3.35. The maximum Gasteiger partial charge on any atom is 0.342 e. The predicted octanol–water partition coefficient (Wildman–Crippen LogP) is 1.68. The summed E-state index contributed by atoms with van der Waals surface area (Å²) in [4.78, 5) is 35.0. The fourth-order valence-electron chi connectivity index (χ4n) is 1.89. The number of esters is 1. The average Bonchev–Trinajstić information content (AvgIpc) is 2.55. The van der Waals surface area contributed by atoms with Gasteiger partial charge in [0.05, 0.1) is 0 Å². The van der Waals surface area contributed by atoms with Crippen molar-refractivity contribution in [3.8, 4) is 5.75 Å². The Kier molecular flexibility index (Phi) is 5.16. The molecule has 0 fully saturated rings. The predicted molar refractivity (Wildman–Crippen MR) is 86.6 cm³/mol. The first-order chi connectivity index (χ1) is 11.4. The minimum absolute atomic E-state index is 0.0250. The van der Waals surface area contributed by atoms with Gasteiger partial charge in [0.1, 0.15) is 11.3 Å². The topological polar surface area (TPSA) is 119 Å². The lowest BCUT2D eigenvalue weighted by molar-refractivity contribution is -0.123. The molecule has 1 atom stereocenters. The van der Waals surface area contributed by atoms with E-state index >= 15 is 0 Å². The zero-order chi connectivity index (χ0) is 17.7. The van der Waals surface area contributed by atoms with Crippen molar-refractivity contribution in [2.75, 3.05) is 5.32 Å². The van der Waals surface area contributed by atoms with Gasteiger partial charge in [-0.3, -0.25) is 9.59 Å². The van der Waals surface area contributed by atoms with E-state index in [-0.39, 0.29) is 11.3 Å². The first-order valence-corrected chi connectivity index (χ1v) is 7.08. The molecule has 2 rings (SSSR count). The molecule has 7 nitrogen and oxygen atoms in total. The van der Waals surface area contributed by atoms with Crippen LogP contribution in [0.2, 0.25) is 0 Å². The molecule has 2 aromatic carbocycles. The number of nitrogens with one attached hydrogen (secondary N) is 1. The van der Waals surface area contributed by atoms with Crippen LogP contribution in [0.4, 0.5) is 5.69 Å². The lowest BCUT2D eigenvalue weighted by Crippen LogP contribution is -2.30. The summed E-state index contributed by atoms with van der Waals surface area (Å²) in [7, 11) is 0. The number of benzene rings is 2. The van der Waals surface area contributed by atoms with Crippen LogP contribution in [0.1, 0.15) is 27.6 Å². The summed E-state index contributed by atoms with van der Waals surface area (Å²) in [5.74, 6) is -2.15. The highest BCUT2D eigenvalue weighted by atomic mass is 16.5. The van der Waals surface area contributed by atoms with Gasteiger partial charge in [-0.15, -0.1) is 0 Å². The Balaban J connectivity index is 1.98. The molecule has 0 bridgehead atoms. The van der Waals surface area contributed by atoms with Gasteiger partial charge in [-0.2, -0.15) is 0 Å². The Bertz CT molecular complexity index is 771. The molecular weight excluding hydrogens is 312 g/mol. The van der Waals surface area contributed by atoms with Crippen LogP contribution in [0.15, 0.2) is 48.5 Å². The zero-order valence-corrected chi connectivity index (χ0v) is 12.9. The second kappa shape index (κ2) is 7.28. The number of hydrogen-bond acceptors (Lipinski definition) is 5. The molecule has 0 aliphatic carbocycles. The number of ether oxygens (including phenoxy) is 1. The van der Waals surface area contributed by atoms with Crippen molar-refractivity contribution in [1.82, 2.24) is 0 Å². The fourth-order valence-corrected chi connectivity index (χ4v) is 1.89. The Morgan fingerprint density at radius 2 is 1.71 bits per heavy atom. The van der Waals surface area contributed by atoms with E-state index < -0.39 is 23.9 Å². The molecule has 0 saturated heterocycles. The molecule has 0 heterocycles. The minimum Gasteiger partial charge on any atom is -0.507 e. The highest BCUT2D eigenvalue weighted by Crippen LogP contribution is 2.17. The van der Waals surface area contributed by atoms with Gasteiger partial charge in [-0.05, 0) is 43.3 Å². The van der Waals surface area contributed by atoms with E-state index in [1.54, 1.807) is 12.1 Å². The zero-order valence-electron chi connectivity index (χ0n) is 12.9. The van der Waals surface area contributed by atoms with E-state index in [4.69, 9.17) is 10.5 Å². The molecule has 0 spiro atoms. The number of phenolic OH excluding ortho intramolecular Hbond substituents is 1. The Labute approximate surface area is 138 Å². The molecule has 4 N–H and O–H groups in total. The maximum absolute atomic E-state index is 12.0. The average molecular weight is 328 g/mol. The summed E-state index contributed by atoms with van der Waals surface area (Å²) < 4.78 is 5.03. The van der Waals surface area contributed by atoms with E-state index in [9.17, 15) is 19.5 Å². The van der Waals surface area contributed by atoms with Gasteiger partial charge in [0, 0.05) is 11.3 Å². The van der Waals surface area contributed by atoms with Crippen LogP contribution in [0.25, 0.3) is 0 Å². The number of amides is 2. The summed E-state index contributed by atoms with van der Waals surface area (Å²) >= 11 is 0. The van der Waals surface area contributed by atoms with Crippen molar-refractivity contribution in [3.63, 3.8) is 0 Å². The highest BCUT2D eigenvalue weighted by molar-refractivity contribution is 5.99. The number of anilines is 1. The lowest BCUT2D eigenvalue weighted by Gasteiger charge is -2.14. The van der Waals surface area contributed by atoms with Crippen molar-refractivity contribution in [2.45, 2.75) is 13.0 Å². The van der Waals surface area contributed by atoms with Crippen molar-refractivity contribution in [2.24, 2.45) is 5.73 Å². The number of aromatic hydroxyl groups is 1. The molecular formula is C17H16N2O5. The molecule has 0 aromatic heterocycles. The molecule has 0 unspecified atom stereocenters. The van der Waals surface area contributed by atoms with E-state index in [0.29, 0.717) is 11.3 Å². The molecule has 124 valence electrons.